The number of ketones is 1. The Labute approximate surface area is 191 Å². The molecule has 0 spiro atoms. The number of Topliss-reactive ketones (excluding diaryl/α,β-unsaturated/α-hetero) is 1. The first-order valence-electron chi connectivity index (χ1n) is 10.1. The van der Waals surface area contributed by atoms with E-state index in [-0.39, 0.29) is 22.9 Å². The van der Waals surface area contributed by atoms with E-state index in [1.165, 1.54) is 39.5 Å². The van der Waals surface area contributed by atoms with Gasteiger partial charge in [-0.2, -0.15) is 0 Å². The van der Waals surface area contributed by atoms with Crippen LogP contribution in [0.3, 0.4) is 0 Å². The highest BCUT2D eigenvalue weighted by atomic mass is 16.5. The maximum absolute atomic E-state index is 12.8. The third-order valence-electron chi connectivity index (χ3n) is 5.15. The highest BCUT2D eigenvalue weighted by Crippen LogP contribution is 2.40. The maximum Gasteiger partial charge on any atom is 0.343 e. The van der Waals surface area contributed by atoms with Gasteiger partial charge in [0.2, 0.25) is 11.5 Å². The summed E-state index contributed by atoms with van der Waals surface area (Å²) in [6, 6.07) is 15.6. The fraction of sp³-hybridized carbons (Fsp3) is 0.154. The van der Waals surface area contributed by atoms with Gasteiger partial charge in [0.25, 0.3) is 0 Å². The Balaban J connectivity index is 1.62. The molecule has 0 saturated carbocycles. The van der Waals surface area contributed by atoms with E-state index in [0.717, 1.165) is 5.56 Å². The van der Waals surface area contributed by atoms with Crippen molar-refractivity contribution in [1.82, 2.24) is 0 Å². The first kappa shape index (κ1) is 22.0. The number of hydrogen-bond acceptors (Lipinski definition) is 7. The highest BCUT2D eigenvalue weighted by Gasteiger charge is 2.30. The van der Waals surface area contributed by atoms with Gasteiger partial charge in [-0.05, 0) is 42.3 Å². The number of rotatable bonds is 6. The lowest BCUT2D eigenvalue weighted by atomic mass is 10.0. The Kier molecular flexibility index (Phi) is 6.04. The molecule has 0 atom stereocenters. The lowest BCUT2D eigenvalue weighted by Crippen LogP contribution is -2.10. The minimum atomic E-state index is -0.627. The van der Waals surface area contributed by atoms with Gasteiger partial charge in [0.1, 0.15) is 11.5 Å². The van der Waals surface area contributed by atoms with Gasteiger partial charge in [-0.1, -0.05) is 30.3 Å². The van der Waals surface area contributed by atoms with Crippen molar-refractivity contribution in [1.29, 1.82) is 0 Å². The summed E-state index contributed by atoms with van der Waals surface area (Å²) < 4.78 is 27.2. The second-order valence-electron chi connectivity index (χ2n) is 7.27. The van der Waals surface area contributed by atoms with Gasteiger partial charge < -0.3 is 23.7 Å². The average Bonchev–Trinajstić information content (AvgIpc) is 3.13. The molecule has 3 aromatic carbocycles. The molecule has 7 heteroatoms. The number of benzene rings is 3. The Morgan fingerprint density at radius 1 is 0.909 bits per heavy atom. The summed E-state index contributed by atoms with van der Waals surface area (Å²) in [7, 11) is 4.41. The van der Waals surface area contributed by atoms with Crippen LogP contribution < -0.4 is 23.7 Å². The smallest absolute Gasteiger partial charge is 0.343 e. The maximum atomic E-state index is 12.8. The molecule has 0 fully saturated rings. The van der Waals surface area contributed by atoms with Gasteiger partial charge in [-0.25, -0.2) is 4.79 Å². The van der Waals surface area contributed by atoms with Crippen molar-refractivity contribution in [3.8, 4) is 28.7 Å². The lowest BCUT2D eigenvalue weighted by Gasteiger charge is -2.14. The van der Waals surface area contributed by atoms with Crippen LogP contribution in [0, 0.1) is 6.92 Å². The number of carbonyl (C=O) groups excluding carboxylic acids is 2. The van der Waals surface area contributed by atoms with Crippen LogP contribution in [0.4, 0.5) is 0 Å². The molecular formula is C26H22O7. The van der Waals surface area contributed by atoms with Crippen LogP contribution in [-0.4, -0.2) is 33.1 Å². The molecule has 0 radical (unpaired) electrons. The average molecular weight is 446 g/mol. The summed E-state index contributed by atoms with van der Waals surface area (Å²) >= 11 is 0. The van der Waals surface area contributed by atoms with Gasteiger partial charge in [0.05, 0.1) is 32.5 Å². The van der Waals surface area contributed by atoms with Gasteiger partial charge in [-0.3, -0.25) is 4.79 Å². The Hall–Kier alpha value is -4.26. The van der Waals surface area contributed by atoms with E-state index in [2.05, 4.69) is 0 Å². The van der Waals surface area contributed by atoms with Gasteiger partial charge in [0, 0.05) is 6.07 Å². The van der Waals surface area contributed by atoms with Crippen LogP contribution in [0.15, 0.2) is 60.4 Å². The molecule has 0 aromatic heterocycles. The largest absolute Gasteiger partial charge is 0.493 e. The Morgan fingerprint density at radius 2 is 1.58 bits per heavy atom. The van der Waals surface area contributed by atoms with Crippen LogP contribution in [0.25, 0.3) is 6.08 Å². The van der Waals surface area contributed by atoms with Crippen molar-refractivity contribution in [2.24, 2.45) is 0 Å². The third-order valence-corrected chi connectivity index (χ3v) is 5.15. The van der Waals surface area contributed by atoms with Crippen molar-refractivity contribution in [3.63, 3.8) is 0 Å². The van der Waals surface area contributed by atoms with Gasteiger partial charge >= 0.3 is 5.97 Å². The zero-order valence-corrected chi connectivity index (χ0v) is 18.6. The topological polar surface area (TPSA) is 80.3 Å². The fourth-order valence-corrected chi connectivity index (χ4v) is 3.60. The summed E-state index contributed by atoms with van der Waals surface area (Å²) in [6.45, 7) is 1.77. The van der Waals surface area contributed by atoms with E-state index in [9.17, 15) is 9.59 Å². The minimum absolute atomic E-state index is 0.212. The van der Waals surface area contributed by atoms with Crippen LogP contribution in [-0.2, 0) is 0 Å². The van der Waals surface area contributed by atoms with E-state index >= 15 is 0 Å². The molecular weight excluding hydrogens is 424 g/mol. The zero-order chi connectivity index (χ0) is 23.5. The first-order chi connectivity index (χ1) is 15.9. The monoisotopic (exact) mass is 446 g/mol. The molecule has 1 aliphatic heterocycles. The quantitative estimate of drug-likeness (QED) is 0.304. The number of aryl methyl sites for hydroxylation is 1. The summed E-state index contributed by atoms with van der Waals surface area (Å²) in [5, 5.41) is 0. The molecule has 4 rings (SSSR count). The predicted molar refractivity (Wildman–Crippen MR) is 122 cm³/mol. The van der Waals surface area contributed by atoms with Crippen LogP contribution in [0.2, 0.25) is 0 Å². The van der Waals surface area contributed by atoms with E-state index < -0.39 is 5.97 Å². The molecule has 0 saturated heterocycles. The van der Waals surface area contributed by atoms with Crippen molar-refractivity contribution in [3.05, 3.63) is 82.6 Å². The Morgan fingerprint density at radius 3 is 2.18 bits per heavy atom. The SMILES string of the molecule is COc1cc(C(=O)Oc2cc(C)c3c(c2)O/C(=C\c2ccccc2)C3=O)cc(OC)c1OC. The van der Waals surface area contributed by atoms with Crippen molar-refractivity contribution >= 4 is 17.8 Å². The molecule has 0 amide bonds. The molecule has 33 heavy (non-hydrogen) atoms. The molecule has 1 heterocycles. The molecule has 3 aromatic rings. The molecule has 1 aliphatic rings. The van der Waals surface area contributed by atoms with Crippen LogP contribution >= 0.6 is 0 Å². The number of allylic oxidation sites excluding steroid dienone is 1. The molecule has 0 bridgehead atoms. The van der Waals surface area contributed by atoms with Crippen LogP contribution in [0.1, 0.15) is 31.8 Å². The van der Waals surface area contributed by atoms with E-state index in [1.807, 2.05) is 30.3 Å². The second-order valence-corrected chi connectivity index (χ2v) is 7.27. The number of esters is 1. The van der Waals surface area contributed by atoms with E-state index in [4.69, 9.17) is 23.7 Å². The standard InChI is InChI=1S/C26H22O7/c1-15-10-18(32-26(28)17-12-21(29-2)25(31-4)22(13-17)30-3)14-19-23(15)24(27)20(33-19)11-16-8-6-5-7-9-16/h5-14H,1-4H3/b20-11-. The van der Waals surface area contributed by atoms with Gasteiger partial charge in [0.15, 0.2) is 17.3 Å². The van der Waals surface area contributed by atoms with Gasteiger partial charge in [-0.15, -0.1) is 0 Å². The normalized spacial score (nSPS) is 13.3. The number of methoxy groups -OCH3 is 3. The van der Waals surface area contributed by atoms with Crippen molar-refractivity contribution < 1.29 is 33.3 Å². The van der Waals surface area contributed by atoms with E-state index in [1.54, 1.807) is 19.1 Å². The van der Waals surface area contributed by atoms with Crippen LogP contribution in [0.5, 0.6) is 28.7 Å². The zero-order valence-electron chi connectivity index (χ0n) is 18.6. The summed E-state index contributed by atoms with van der Waals surface area (Å²) in [4.78, 5) is 25.7. The molecule has 0 N–H and O–H groups in total. The molecule has 0 aliphatic carbocycles. The van der Waals surface area contributed by atoms with Crippen molar-refractivity contribution in [2.75, 3.05) is 21.3 Å². The lowest BCUT2D eigenvalue weighted by molar-refractivity contribution is 0.0733. The number of ether oxygens (including phenoxy) is 5. The predicted octanol–water partition coefficient (Wildman–Crippen LogP) is 4.86. The molecule has 168 valence electrons. The first-order valence-corrected chi connectivity index (χ1v) is 10.1. The van der Waals surface area contributed by atoms with Crippen molar-refractivity contribution in [2.45, 2.75) is 6.92 Å². The molecule has 0 unspecified atom stereocenters. The number of fused-ring (bicyclic) bond motifs is 1. The number of hydrogen-bond donors (Lipinski definition) is 0. The minimum Gasteiger partial charge on any atom is -0.493 e. The Bertz CT molecular complexity index is 1230. The highest BCUT2D eigenvalue weighted by molar-refractivity contribution is 6.15. The summed E-state index contributed by atoms with van der Waals surface area (Å²) in [5.74, 6) is 1.000. The summed E-state index contributed by atoms with van der Waals surface area (Å²) in [5.41, 5.74) is 2.15. The molecule has 7 nitrogen and oxygen atoms in total. The fourth-order valence-electron chi connectivity index (χ4n) is 3.60. The third kappa shape index (κ3) is 4.25. The number of carbonyl (C=O) groups is 2. The summed E-state index contributed by atoms with van der Waals surface area (Å²) in [6.07, 6.45) is 1.68. The van der Waals surface area contributed by atoms with E-state index in [0.29, 0.717) is 34.1 Å². The second kappa shape index (κ2) is 9.08.